The third-order valence-electron chi connectivity index (χ3n) is 1.62. The molecule has 2 nitrogen and oxygen atoms in total. The van der Waals surface area contributed by atoms with Crippen LogP contribution in [0.25, 0.3) is 0 Å². The summed E-state index contributed by atoms with van der Waals surface area (Å²) in [5.74, 6) is -2.78. The second kappa shape index (κ2) is 4.16. The Morgan fingerprint density at radius 2 is 1.73 bits per heavy atom. The zero-order valence-electron chi connectivity index (χ0n) is 7.45. The Bertz CT molecular complexity index is 379. The van der Waals surface area contributed by atoms with Crippen LogP contribution in [0.2, 0.25) is 0 Å². The monoisotopic (exact) mass is 216 g/mol. The maximum atomic E-state index is 11.9. The highest BCUT2D eigenvalue weighted by Crippen LogP contribution is 2.23. The van der Waals surface area contributed by atoms with Crippen molar-refractivity contribution in [2.24, 2.45) is 0 Å². The Hall–Kier alpha value is -1.78. The topological polar surface area (TPSA) is 37.3 Å². The van der Waals surface area contributed by atoms with E-state index in [4.69, 9.17) is 5.11 Å². The third-order valence-corrected chi connectivity index (χ3v) is 1.62. The van der Waals surface area contributed by atoms with Gasteiger partial charge < -0.3 is 5.11 Å². The van der Waals surface area contributed by atoms with Crippen molar-refractivity contribution in [3.05, 3.63) is 47.7 Å². The van der Waals surface area contributed by atoms with E-state index in [0.29, 0.717) is 0 Å². The SMILES string of the molecule is O=C(/C=C(\O)C(F)(F)F)c1ccccc1. The molecule has 0 aliphatic rings. The smallest absolute Gasteiger partial charge is 0.448 e. The Morgan fingerprint density at radius 1 is 1.20 bits per heavy atom. The molecule has 0 bridgehead atoms. The minimum Gasteiger partial charge on any atom is -0.504 e. The van der Waals surface area contributed by atoms with Gasteiger partial charge in [-0.1, -0.05) is 30.3 Å². The molecule has 0 heterocycles. The largest absolute Gasteiger partial charge is 0.504 e. The standard InChI is InChI=1S/C10H7F3O2/c11-10(12,13)9(15)6-8(14)7-4-2-1-3-5-7/h1-6,15H/b9-6-. The van der Waals surface area contributed by atoms with Gasteiger partial charge in [0.1, 0.15) is 0 Å². The van der Waals surface area contributed by atoms with Gasteiger partial charge in [0.25, 0.3) is 0 Å². The lowest BCUT2D eigenvalue weighted by Crippen LogP contribution is -2.13. The molecule has 1 rings (SSSR count). The van der Waals surface area contributed by atoms with Crippen LogP contribution in [0.1, 0.15) is 10.4 Å². The molecule has 0 spiro atoms. The molecule has 1 N–H and O–H groups in total. The number of carbonyl (C=O) groups excluding carboxylic acids is 1. The summed E-state index contributed by atoms with van der Waals surface area (Å²) in [4.78, 5) is 11.2. The first-order chi connectivity index (χ1) is 6.91. The minimum absolute atomic E-state index is 0.0910. The molecule has 15 heavy (non-hydrogen) atoms. The number of allylic oxidation sites excluding steroid dienone is 2. The van der Waals surface area contributed by atoms with Crippen LogP contribution >= 0.6 is 0 Å². The van der Waals surface area contributed by atoms with Crippen LogP contribution in [-0.2, 0) is 0 Å². The highest BCUT2D eigenvalue weighted by molar-refractivity contribution is 6.04. The quantitative estimate of drug-likeness (QED) is 0.469. The van der Waals surface area contributed by atoms with E-state index >= 15 is 0 Å². The molecule has 0 saturated carbocycles. The second-order valence-corrected chi connectivity index (χ2v) is 2.76. The number of benzene rings is 1. The molecule has 0 unspecified atom stereocenters. The van der Waals surface area contributed by atoms with Crippen LogP contribution in [-0.4, -0.2) is 17.1 Å². The molecule has 0 fully saturated rings. The van der Waals surface area contributed by atoms with Crippen LogP contribution in [0.3, 0.4) is 0 Å². The first-order valence-electron chi connectivity index (χ1n) is 3.98. The fourth-order valence-electron chi connectivity index (χ4n) is 0.892. The number of alkyl halides is 3. The molecule has 80 valence electrons. The maximum Gasteiger partial charge on any atom is 0.448 e. The highest BCUT2D eigenvalue weighted by Gasteiger charge is 2.34. The van der Waals surface area contributed by atoms with Gasteiger partial charge in [0, 0.05) is 11.6 Å². The fraction of sp³-hybridized carbons (Fsp3) is 0.100. The first kappa shape index (κ1) is 11.3. The minimum atomic E-state index is -4.88. The summed E-state index contributed by atoms with van der Waals surface area (Å²) >= 11 is 0. The number of ketones is 1. The van der Waals surface area contributed by atoms with E-state index in [1.807, 2.05) is 0 Å². The maximum absolute atomic E-state index is 11.9. The van der Waals surface area contributed by atoms with Gasteiger partial charge in [-0.05, 0) is 0 Å². The zero-order valence-corrected chi connectivity index (χ0v) is 7.45. The van der Waals surface area contributed by atoms with Crippen LogP contribution < -0.4 is 0 Å². The lowest BCUT2D eigenvalue weighted by atomic mass is 10.1. The first-order valence-corrected chi connectivity index (χ1v) is 3.98. The van der Waals surface area contributed by atoms with Gasteiger partial charge in [-0.25, -0.2) is 0 Å². The van der Waals surface area contributed by atoms with Gasteiger partial charge in [-0.2, -0.15) is 13.2 Å². The molecule has 0 radical (unpaired) electrons. The van der Waals surface area contributed by atoms with Crippen molar-refractivity contribution < 1.29 is 23.1 Å². The average Bonchev–Trinajstić information content (AvgIpc) is 2.17. The molecule has 1 aromatic carbocycles. The van der Waals surface area contributed by atoms with E-state index in [-0.39, 0.29) is 11.6 Å². The molecule has 0 aromatic heterocycles. The summed E-state index contributed by atoms with van der Waals surface area (Å²) in [6.07, 6.45) is -4.72. The summed E-state index contributed by atoms with van der Waals surface area (Å²) in [6.45, 7) is 0. The summed E-state index contributed by atoms with van der Waals surface area (Å²) in [5, 5.41) is 8.53. The Kier molecular flexibility index (Phi) is 3.14. The molecular formula is C10H7F3O2. The molecule has 5 heteroatoms. The van der Waals surface area contributed by atoms with Gasteiger partial charge in [-0.3, -0.25) is 4.79 Å². The van der Waals surface area contributed by atoms with E-state index in [1.165, 1.54) is 24.3 Å². The van der Waals surface area contributed by atoms with Crippen molar-refractivity contribution in [1.82, 2.24) is 0 Å². The summed E-state index contributed by atoms with van der Waals surface area (Å²) < 4.78 is 35.6. The zero-order chi connectivity index (χ0) is 11.5. The van der Waals surface area contributed by atoms with Crippen molar-refractivity contribution in [3.63, 3.8) is 0 Å². The average molecular weight is 216 g/mol. The summed E-state index contributed by atoms with van der Waals surface area (Å²) in [7, 11) is 0. The Morgan fingerprint density at radius 3 is 2.20 bits per heavy atom. The number of carbonyl (C=O) groups is 1. The summed E-state index contributed by atoms with van der Waals surface area (Å²) in [5.41, 5.74) is 0.0910. The fourth-order valence-corrected chi connectivity index (χ4v) is 0.892. The van der Waals surface area contributed by atoms with Gasteiger partial charge in [0.2, 0.25) is 5.76 Å². The molecule has 0 amide bonds. The van der Waals surface area contributed by atoms with Crippen molar-refractivity contribution in [1.29, 1.82) is 0 Å². The van der Waals surface area contributed by atoms with Crippen molar-refractivity contribution in [2.45, 2.75) is 6.18 Å². The van der Waals surface area contributed by atoms with Crippen molar-refractivity contribution in [2.75, 3.05) is 0 Å². The number of aliphatic hydroxyl groups is 1. The number of aliphatic hydroxyl groups excluding tert-OH is 1. The van der Waals surface area contributed by atoms with Crippen molar-refractivity contribution >= 4 is 5.78 Å². The molecule has 0 aliphatic heterocycles. The van der Waals surface area contributed by atoms with Gasteiger partial charge in [0.05, 0.1) is 0 Å². The second-order valence-electron chi connectivity index (χ2n) is 2.76. The number of halogens is 3. The van der Waals surface area contributed by atoms with Crippen LogP contribution in [0.4, 0.5) is 13.2 Å². The Labute approximate surface area is 83.7 Å². The van der Waals surface area contributed by atoms with E-state index in [1.54, 1.807) is 6.07 Å². The van der Waals surface area contributed by atoms with Gasteiger partial charge in [0.15, 0.2) is 5.78 Å². The van der Waals surface area contributed by atoms with E-state index < -0.39 is 17.7 Å². The predicted molar refractivity (Wildman–Crippen MR) is 47.5 cm³/mol. The normalized spacial score (nSPS) is 12.6. The van der Waals surface area contributed by atoms with Gasteiger partial charge >= 0.3 is 6.18 Å². The van der Waals surface area contributed by atoms with E-state index in [9.17, 15) is 18.0 Å². The molecule has 0 aliphatic carbocycles. The van der Waals surface area contributed by atoms with Crippen molar-refractivity contribution in [3.8, 4) is 0 Å². The predicted octanol–water partition coefficient (Wildman–Crippen LogP) is 2.87. The van der Waals surface area contributed by atoms with Crippen LogP contribution in [0, 0.1) is 0 Å². The number of rotatable bonds is 2. The Balaban J connectivity index is 2.90. The molecule has 0 atom stereocenters. The van der Waals surface area contributed by atoms with E-state index in [2.05, 4.69) is 0 Å². The van der Waals surface area contributed by atoms with Gasteiger partial charge in [-0.15, -0.1) is 0 Å². The molecular weight excluding hydrogens is 209 g/mol. The number of hydrogen-bond acceptors (Lipinski definition) is 2. The summed E-state index contributed by atoms with van der Waals surface area (Å²) in [6, 6.07) is 7.40. The third kappa shape index (κ3) is 3.12. The highest BCUT2D eigenvalue weighted by atomic mass is 19.4. The lowest BCUT2D eigenvalue weighted by molar-refractivity contribution is -0.120. The van der Waals surface area contributed by atoms with Crippen LogP contribution in [0.15, 0.2) is 42.2 Å². The van der Waals surface area contributed by atoms with Crippen LogP contribution in [0.5, 0.6) is 0 Å². The lowest BCUT2D eigenvalue weighted by Gasteiger charge is -2.03. The number of hydrogen-bond donors (Lipinski definition) is 1. The molecule has 0 saturated heterocycles. The van der Waals surface area contributed by atoms with E-state index in [0.717, 1.165) is 0 Å². The molecule has 1 aromatic rings.